The van der Waals surface area contributed by atoms with Crippen LogP contribution in [0.5, 0.6) is 0 Å². The largest absolute Gasteiger partial charge is 0.444 e. The van der Waals surface area contributed by atoms with Crippen LogP contribution in [0.3, 0.4) is 0 Å². The van der Waals surface area contributed by atoms with E-state index in [0.29, 0.717) is 6.61 Å². The minimum atomic E-state index is -0.839. The summed E-state index contributed by atoms with van der Waals surface area (Å²) in [6.07, 6.45) is 0.649. The van der Waals surface area contributed by atoms with Gasteiger partial charge in [0.1, 0.15) is 11.4 Å². The SMILES string of the molecule is CC(C)(C)OC(=O)Nc1cc(NC(=O)c2ccc3c(c2)C(=O)N(CC2CCCO2)C3=O)ccc1F. The van der Waals surface area contributed by atoms with E-state index in [4.69, 9.17) is 9.47 Å². The molecule has 2 heterocycles. The van der Waals surface area contributed by atoms with Gasteiger partial charge in [-0.2, -0.15) is 0 Å². The van der Waals surface area contributed by atoms with E-state index in [2.05, 4.69) is 10.6 Å². The van der Waals surface area contributed by atoms with Crippen molar-refractivity contribution in [1.82, 2.24) is 4.90 Å². The molecule has 2 N–H and O–H groups in total. The van der Waals surface area contributed by atoms with Crippen LogP contribution in [0.15, 0.2) is 36.4 Å². The van der Waals surface area contributed by atoms with Crippen LogP contribution in [0.1, 0.15) is 64.7 Å². The summed E-state index contributed by atoms with van der Waals surface area (Å²) in [5, 5.41) is 4.92. The van der Waals surface area contributed by atoms with Crippen LogP contribution in [0.2, 0.25) is 0 Å². The fourth-order valence-electron chi connectivity index (χ4n) is 3.91. The van der Waals surface area contributed by atoms with E-state index in [1.54, 1.807) is 20.8 Å². The Balaban J connectivity index is 1.47. The van der Waals surface area contributed by atoms with Crippen molar-refractivity contribution in [3.8, 4) is 0 Å². The van der Waals surface area contributed by atoms with Gasteiger partial charge in [0.25, 0.3) is 17.7 Å². The van der Waals surface area contributed by atoms with Crippen LogP contribution >= 0.6 is 0 Å². The standard InChI is InChI=1S/C25H26FN3O6/c1-25(2,3)35-24(33)28-20-12-15(7-9-19(20)26)27-21(30)14-6-8-17-18(11-14)23(32)29(22(17)31)13-16-5-4-10-34-16/h6-9,11-12,16H,4-5,10,13H2,1-3H3,(H,27,30)(H,28,33). The van der Waals surface area contributed by atoms with Gasteiger partial charge >= 0.3 is 6.09 Å². The summed E-state index contributed by atoms with van der Waals surface area (Å²) in [5.41, 5.74) is -0.197. The number of carbonyl (C=O) groups is 4. The minimum absolute atomic E-state index is 0.145. The number of hydrogen-bond donors (Lipinski definition) is 2. The number of imide groups is 1. The number of rotatable bonds is 5. The first-order valence-corrected chi connectivity index (χ1v) is 11.2. The first kappa shape index (κ1) is 24.3. The molecule has 0 saturated carbocycles. The van der Waals surface area contributed by atoms with Crippen molar-refractivity contribution in [2.75, 3.05) is 23.8 Å². The highest BCUT2D eigenvalue weighted by Crippen LogP contribution is 2.27. The summed E-state index contributed by atoms with van der Waals surface area (Å²) in [6.45, 7) is 5.82. The molecule has 0 aromatic heterocycles. The molecule has 10 heteroatoms. The van der Waals surface area contributed by atoms with Crippen molar-refractivity contribution in [2.45, 2.75) is 45.3 Å². The zero-order chi connectivity index (χ0) is 25.3. The molecule has 184 valence electrons. The summed E-state index contributed by atoms with van der Waals surface area (Å²) in [5.74, 6) is -2.16. The lowest BCUT2D eigenvalue weighted by molar-refractivity contribution is 0.0475. The van der Waals surface area contributed by atoms with E-state index in [0.717, 1.165) is 23.8 Å². The maximum absolute atomic E-state index is 14.2. The van der Waals surface area contributed by atoms with E-state index < -0.39 is 35.2 Å². The van der Waals surface area contributed by atoms with Gasteiger partial charge in [-0.05, 0) is 70.0 Å². The monoisotopic (exact) mass is 483 g/mol. The third kappa shape index (κ3) is 5.48. The van der Waals surface area contributed by atoms with E-state index >= 15 is 0 Å². The second-order valence-electron chi connectivity index (χ2n) is 9.39. The van der Waals surface area contributed by atoms with Crippen molar-refractivity contribution in [2.24, 2.45) is 0 Å². The predicted molar refractivity (Wildman–Crippen MR) is 125 cm³/mol. The molecule has 1 fully saturated rings. The topological polar surface area (TPSA) is 114 Å². The number of benzene rings is 2. The van der Waals surface area contributed by atoms with Gasteiger partial charge in [0.05, 0.1) is 29.5 Å². The maximum Gasteiger partial charge on any atom is 0.412 e. The van der Waals surface area contributed by atoms with Gasteiger partial charge in [0.15, 0.2) is 0 Å². The second kappa shape index (κ2) is 9.46. The summed E-state index contributed by atoms with van der Waals surface area (Å²) >= 11 is 0. The number of amides is 4. The van der Waals surface area contributed by atoms with Gasteiger partial charge in [-0.25, -0.2) is 9.18 Å². The molecule has 1 unspecified atom stereocenters. The van der Waals surface area contributed by atoms with Gasteiger partial charge in [-0.15, -0.1) is 0 Å². The molecule has 2 aromatic carbocycles. The molecule has 2 aliphatic heterocycles. The lowest BCUT2D eigenvalue weighted by Crippen LogP contribution is -2.36. The average Bonchev–Trinajstić information content (AvgIpc) is 3.37. The third-order valence-electron chi connectivity index (χ3n) is 5.50. The second-order valence-corrected chi connectivity index (χ2v) is 9.39. The van der Waals surface area contributed by atoms with Crippen molar-refractivity contribution in [3.05, 3.63) is 58.9 Å². The van der Waals surface area contributed by atoms with Gasteiger partial charge in [-0.1, -0.05) is 0 Å². The molecule has 35 heavy (non-hydrogen) atoms. The summed E-state index contributed by atoms with van der Waals surface area (Å²) in [4.78, 5) is 51.5. The molecule has 2 aliphatic rings. The highest BCUT2D eigenvalue weighted by Gasteiger charge is 2.38. The Bertz CT molecular complexity index is 1200. The van der Waals surface area contributed by atoms with Gasteiger partial charge < -0.3 is 14.8 Å². The van der Waals surface area contributed by atoms with Crippen LogP contribution < -0.4 is 10.6 Å². The Morgan fingerprint density at radius 2 is 1.83 bits per heavy atom. The van der Waals surface area contributed by atoms with Gasteiger partial charge in [-0.3, -0.25) is 24.6 Å². The van der Waals surface area contributed by atoms with E-state index in [-0.39, 0.29) is 40.7 Å². The van der Waals surface area contributed by atoms with Crippen molar-refractivity contribution in [3.63, 3.8) is 0 Å². The molecule has 1 atom stereocenters. The first-order chi connectivity index (χ1) is 16.5. The molecular formula is C25H26FN3O6. The molecule has 4 rings (SSSR count). The van der Waals surface area contributed by atoms with Crippen LogP contribution in [0.25, 0.3) is 0 Å². The summed E-state index contributed by atoms with van der Waals surface area (Å²) < 4.78 is 24.8. The zero-order valence-corrected chi connectivity index (χ0v) is 19.6. The quantitative estimate of drug-likeness (QED) is 0.616. The molecule has 0 radical (unpaired) electrons. The van der Waals surface area contributed by atoms with Crippen molar-refractivity contribution in [1.29, 1.82) is 0 Å². The van der Waals surface area contributed by atoms with Crippen LogP contribution in [-0.2, 0) is 9.47 Å². The Morgan fingerprint density at radius 1 is 1.09 bits per heavy atom. The number of anilines is 2. The predicted octanol–water partition coefficient (Wildman–Crippen LogP) is 4.20. The molecule has 0 aliphatic carbocycles. The number of nitrogens with zero attached hydrogens (tertiary/aromatic N) is 1. The average molecular weight is 483 g/mol. The molecule has 4 amide bonds. The van der Waals surface area contributed by atoms with E-state index in [1.165, 1.54) is 30.3 Å². The molecule has 0 bridgehead atoms. The van der Waals surface area contributed by atoms with E-state index in [9.17, 15) is 23.6 Å². The Kier molecular flexibility index (Phi) is 6.58. The maximum atomic E-state index is 14.2. The Morgan fingerprint density at radius 3 is 2.51 bits per heavy atom. The van der Waals surface area contributed by atoms with Gasteiger partial charge in [0.2, 0.25) is 0 Å². The lowest BCUT2D eigenvalue weighted by atomic mass is 10.1. The van der Waals surface area contributed by atoms with Crippen molar-refractivity contribution < 1.29 is 33.0 Å². The van der Waals surface area contributed by atoms with E-state index in [1.807, 2.05) is 0 Å². The fourth-order valence-corrected chi connectivity index (χ4v) is 3.91. The zero-order valence-electron chi connectivity index (χ0n) is 19.6. The molecule has 1 saturated heterocycles. The lowest BCUT2D eigenvalue weighted by Gasteiger charge is -2.20. The number of ether oxygens (including phenoxy) is 2. The van der Waals surface area contributed by atoms with Crippen LogP contribution in [0, 0.1) is 5.82 Å². The number of halogens is 1. The number of fused-ring (bicyclic) bond motifs is 1. The first-order valence-electron chi connectivity index (χ1n) is 11.2. The van der Waals surface area contributed by atoms with Gasteiger partial charge in [0, 0.05) is 17.9 Å². The Hall–Kier alpha value is -3.79. The summed E-state index contributed by atoms with van der Waals surface area (Å²) in [6, 6.07) is 7.93. The smallest absolute Gasteiger partial charge is 0.412 e. The highest BCUT2D eigenvalue weighted by atomic mass is 19.1. The molecule has 9 nitrogen and oxygen atoms in total. The fraction of sp³-hybridized carbons (Fsp3) is 0.360. The minimum Gasteiger partial charge on any atom is -0.444 e. The molecule has 2 aromatic rings. The number of hydrogen-bond acceptors (Lipinski definition) is 6. The van der Waals surface area contributed by atoms with Crippen molar-refractivity contribution >= 4 is 35.2 Å². The van der Waals surface area contributed by atoms with Crippen LogP contribution in [-0.4, -0.2) is 53.6 Å². The third-order valence-corrected chi connectivity index (χ3v) is 5.50. The summed E-state index contributed by atoms with van der Waals surface area (Å²) in [7, 11) is 0. The highest BCUT2D eigenvalue weighted by molar-refractivity contribution is 6.22. The number of nitrogens with one attached hydrogen (secondary N) is 2. The normalized spacial score (nSPS) is 17.4. The molecule has 0 spiro atoms. The Labute approximate surface area is 201 Å². The van der Waals surface area contributed by atoms with Crippen LogP contribution in [0.4, 0.5) is 20.6 Å². The molecular weight excluding hydrogens is 457 g/mol. The number of carbonyl (C=O) groups excluding carboxylic acids is 4.